The van der Waals surface area contributed by atoms with Crippen molar-refractivity contribution in [2.45, 2.75) is 19.5 Å². The lowest BCUT2D eigenvalue weighted by molar-refractivity contribution is -0.120. The van der Waals surface area contributed by atoms with E-state index in [0.29, 0.717) is 13.1 Å². The Bertz CT molecular complexity index is 798. The lowest BCUT2D eigenvalue weighted by Crippen LogP contribution is -2.36. The number of hydrogen-bond acceptors (Lipinski definition) is 3. The minimum atomic E-state index is -0.0185. The largest absolute Gasteiger partial charge is 0.348 e. The summed E-state index contributed by atoms with van der Waals surface area (Å²) in [6.45, 7) is 3.77. The molecule has 24 heavy (non-hydrogen) atoms. The minimum Gasteiger partial charge on any atom is -0.348 e. The van der Waals surface area contributed by atoms with Crippen LogP contribution in [0.2, 0.25) is 0 Å². The molecule has 0 radical (unpaired) electrons. The van der Waals surface area contributed by atoms with Crippen LogP contribution in [0.3, 0.4) is 0 Å². The molecule has 5 nitrogen and oxygen atoms in total. The zero-order valence-corrected chi connectivity index (χ0v) is 13.8. The highest BCUT2D eigenvalue weighted by Crippen LogP contribution is 2.20. The highest BCUT2D eigenvalue weighted by Gasteiger charge is 2.09. The number of aromatic nitrogens is 2. The summed E-state index contributed by atoms with van der Waals surface area (Å²) in [4.78, 5) is 12.1. The van der Waals surface area contributed by atoms with Gasteiger partial charge >= 0.3 is 0 Å². The number of benzene rings is 2. The maximum Gasteiger partial charge on any atom is 0.234 e. The number of amides is 1. The van der Waals surface area contributed by atoms with E-state index in [-0.39, 0.29) is 11.9 Å². The Morgan fingerprint density at radius 2 is 2.00 bits per heavy atom. The number of fused-ring (bicyclic) bond motifs is 1. The van der Waals surface area contributed by atoms with Crippen molar-refractivity contribution in [3.63, 3.8) is 0 Å². The van der Waals surface area contributed by atoms with Crippen LogP contribution < -0.4 is 10.6 Å². The SMILES string of the molecule is C[C@H](NC(=O)CNCCn1cccn1)c1ccc2ccccc2c1. The average Bonchev–Trinajstić information content (AvgIpc) is 3.11. The van der Waals surface area contributed by atoms with Crippen LogP contribution in [0.1, 0.15) is 18.5 Å². The average molecular weight is 322 g/mol. The standard InChI is InChI=1S/C19H22N4O/c1-15(17-8-7-16-5-2-3-6-18(16)13-17)22-19(24)14-20-10-12-23-11-4-9-21-23/h2-9,11,13,15,20H,10,12,14H2,1H3,(H,22,24)/t15-/m0/s1. The van der Waals surface area contributed by atoms with Gasteiger partial charge in [-0.2, -0.15) is 5.10 Å². The van der Waals surface area contributed by atoms with Gasteiger partial charge in [0.15, 0.2) is 0 Å². The number of nitrogens with one attached hydrogen (secondary N) is 2. The monoisotopic (exact) mass is 322 g/mol. The van der Waals surface area contributed by atoms with Crippen molar-refractivity contribution in [1.29, 1.82) is 0 Å². The molecule has 0 unspecified atom stereocenters. The van der Waals surface area contributed by atoms with Crippen LogP contribution in [0.15, 0.2) is 60.9 Å². The number of hydrogen-bond donors (Lipinski definition) is 2. The Morgan fingerprint density at radius 1 is 1.17 bits per heavy atom. The van der Waals surface area contributed by atoms with Crippen LogP contribution in [-0.4, -0.2) is 28.8 Å². The minimum absolute atomic E-state index is 0.00359. The highest BCUT2D eigenvalue weighted by atomic mass is 16.1. The zero-order valence-electron chi connectivity index (χ0n) is 13.8. The molecule has 3 aromatic rings. The molecule has 124 valence electrons. The van der Waals surface area contributed by atoms with Gasteiger partial charge in [0.2, 0.25) is 5.91 Å². The number of nitrogens with zero attached hydrogens (tertiary/aromatic N) is 2. The second-order valence-electron chi connectivity index (χ2n) is 5.84. The Morgan fingerprint density at radius 3 is 2.79 bits per heavy atom. The van der Waals surface area contributed by atoms with E-state index in [4.69, 9.17) is 0 Å². The molecule has 5 heteroatoms. The first kappa shape index (κ1) is 16.2. The predicted octanol–water partition coefficient (Wildman–Crippen LogP) is 2.50. The summed E-state index contributed by atoms with van der Waals surface area (Å²) in [6, 6.07) is 16.4. The van der Waals surface area contributed by atoms with Gasteiger partial charge in [0.05, 0.1) is 19.1 Å². The second-order valence-corrected chi connectivity index (χ2v) is 5.84. The first-order valence-corrected chi connectivity index (χ1v) is 8.18. The number of carbonyl (C=O) groups is 1. The Balaban J connectivity index is 1.47. The summed E-state index contributed by atoms with van der Waals surface area (Å²) in [5.74, 6) is -0.00359. The first-order chi connectivity index (χ1) is 11.7. The molecule has 1 atom stereocenters. The van der Waals surface area contributed by atoms with E-state index in [1.165, 1.54) is 10.8 Å². The Labute approximate surface area is 141 Å². The molecule has 1 amide bonds. The summed E-state index contributed by atoms with van der Waals surface area (Å²) in [5.41, 5.74) is 1.11. The van der Waals surface area contributed by atoms with Crippen molar-refractivity contribution in [3.05, 3.63) is 66.5 Å². The molecule has 0 bridgehead atoms. The molecule has 2 aromatic carbocycles. The molecule has 0 aliphatic carbocycles. The van der Waals surface area contributed by atoms with Crippen molar-refractivity contribution in [2.24, 2.45) is 0 Å². The molecule has 0 aliphatic heterocycles. The van der Waals surface area contributed by atoms with Crippen molar-refractivity contribution >= 4 is 16.7 Å². The Kier molecular flexibility index (Phi) is 5.23. The summed E-state index contributed by atoms with van der Waals surface area (Å²) in [5, 5.41) is 12.7. The van der Waals surface area contributed by atoms with Crippen molar-refractivity contribution < 1.29 is 4.79 Å². The molecule has 0 saturated heterocycles. The topological polar surface area (TPSA) is 59.0 Å². The molecule has 2 N–H and O–H groups in total. The maximum atomic E-state index is 12.1. The van der Waals surface area contributed by atoms with Gasteiger partial charge in [0.25, 0.3) is 0 Å². The van der Waals surface area contributed by atoms with Crippen molar-refractivity contribution in [2.75, 3.05) is 13.1 Å². The third kappa shape index (κ3) is 4.20. The molecule has 0 spiro atoms. The highest BCUT2D eigenvalue weighted by molar-refractivity contribution is 5.83. The van der Waals surface area contributed by atoms with Gasteiger partial charge in [-0.15, -0.1) is 0 Å². The molecule has 0 saturated carbocycles. The van der Waals surface area contributed by atoms with Gasteiger partial charge in [0, 0.05) is 18.9 Å². The molecular weight excluding hydrogens is 300 g/mol. The van der Waals surface area contributed by atoms with Gasteiger partial charge in [-0.05, 0) is 35.4 Å². The third-order valence-corrected chi connectivity index (χ3v) is 4.01. The molecule has 0 fully saturated rings. The normalized spacial score (nSPS) is 12.2. The van der Waals surface area contributed by atoms with Crippen LogP contribution in [0.5, 0.6) is 0 Å². The van der Waals surface area contributed by atoms with E-state index in [1.54, 1.807) is 6.20 Å². The van der Waals surface area contributed by atoms with Crippen LogP contribution in [0.4, 0.5) is 0 Å². The fourth-order valence-electron chi connectivity index (χ4n) is 2.68. The van der Waals surface area contributed by atoms with Gasteiger partial charge < -0.3 is 10.6 Å². The Hall–Kier alpha value is -2.66. The van der Waals surface area contributed by atoms with Crippen LogP contribution in [0.25, 0.3) is 10.8 Å². The van der Waals surface area contributed by atoms with E-state index in [1.807, 2.05) is 36.0 Å². The molecule has 0 aliphatic rings. The van der Waals surface area contributed by atoms with Crippen LogP contribution in [0, 0.1) is 0 Å². The number of carbonyl (C=O) groups excluding carboxylic acids is 1. The predicted molar refractivity (Wildman–Crippen MR) is 95.6 cm³/mol. The van der Waals surface area contributed by atoms with Gasteiger partial charge in [0.1, 0.15) is 0 Å². The van der Waals surface area contributed by atoms with Crippen LogP contribution >= 0.6 is 0 Å². The number of rotatable bonds is 7. The molecule has 1 aromatic heterocycles. The van der Waals surface area contributed by atoms with E-state index in [0.717, 1.165) is 12.1 Å². The maximum absolute atomic E-state index is 12.1. The fraction of sp³-hybridized carbons (Fsp3) is 0.263. The molecule has 1 heterocycles. The van der Waals surface area contributed by atoms with Gasteiger partial charge in [-0.3, -0.25) is 9.48 Å². The van der Waals surface area contributed by atoms with E-state index < -0.39 is 0 Å². The van der Waals surface area contributed by atoms with Gasteiger partial charge in [-0.25, -0.2) is 0 Å². The summed E-state index contributed by atoms with van der Waals surface area (Å²) < 4.78 is 1.84. The quantitative estimate of drug-likeness (QED) is 0.657. The van der Waals surface area contributed by atoms with Crippen molar-refractivity contribution in [1.82, 2.24) is 20.4 Å². The van der Waals surface area contributed by atoms with Crippen molar-refractivity contribution in [3.8, 4) is 0 Å². The zero-order chi connectivity index (χ0) is 16.8. The van der Waals surface area contributed by atoms with E-state index >= 15 is 0 Å². The van der Waals surface area contributed by atoms with E-state index in [2.05, 4.69) is 46.1 Å². The fourth-order valence-corrected chi connectivity index (χ4v) is 2.68. The van der Waals surface area contributed by atoms with Gasteiger partial charge in [-0.1, -0.05) is 36.4 Å². The molecule has 3 rings (SSSR count). The third-order valence-electron chi connectivity index (χ3n) is 4.01. The summed E-state index contributed by atoms with van der Waals surface area (Å²) in [7, 11) is 0. The summed E-state index contributed by atoms with van der Waals surface area (Å²) >= 11 is 0. The van der Waals surface area contributed by atoms with E-state index in [9.17, 15) is 4.79 Å². The molecular formula is C19H22N4O. The van der Waals surface area contributed by atoms with Crippen LogP contribution in [-0.2, 0) is 11.3 Å². The lowest BCUT2D eigenvalue weighted by atomic mass is 10.0. The second kappa shape index (κ2) is 7.75. The lowest BCUT2D eigenvalue weighted by Gasteiger charge is -2.15. The smallest absolute Gasteiger partial charge is 0.234 e. The first-order valence-electron chi connectivity index (χ1n) is 8.18. The summed E-state index contributed by atoms with van der Waals surface area (Å²) in [6.07, 6.45) is 3.65.